The zero-order chi connectivity index (χ0) is 12.3. The van der Waals surface area contributed by atoms with Crippen LogP contribution in [0.1, 0.15) is 18.0 Å². The van der Waals surface area contributed by atoms with E-state index in [4.69, 9.17) is 28.2 Å². The summed E-state index contributed by atoms with van der Waals surface area (Å²) in [6.07, 6.45) is 0.0668. The Morgan fingerprint density at radius 3 is 2.62 bits per heavy atom. The second-order valence-corrected chi connectivity index (χ2v) is 3.87. The van der Waals surface area contributed by atoms with E-state index in [9.17, 15) is 9.18 Å². The standard InChI is InChI=1S/C10H12ClFN2O2/c11-6-3-5(1-2-7(6)12)8(13)4-9(14)10(15)16/h1-3,8-9H,4,13-14H2,(H,15,16). The van der Waals surface area contributed by atoms with E-state index in [1.165, 1.54) is 18.2 Å². The molecule has 0 aliphatic carbocycles. The van der Waals surface area contributed by atoms with Gasteiger partial charge in [0, 0.05) is 6.04 Å². The highest BCUT2D eigenvalue weighted by molar-refractivity contribution is 6.30. The summed E-state index contributed by atoms with van der Waals surface area (Å²) in [5.41, 5.74) is 11.6. The van der Waals surface area contributed by atoms with Crippen molar-refractivity contribution in [2.45, 2.75) is 18.5 Å². The molecule has 0 bridgehead atoms. The van der Waals surface area contributed by atoms with Crippen molar-refractivity contribution in [3.8, 4) is 0 Å². The third kappa shape index (κ3) is 3.16. The molecule has 88 valence electrons. The Balaban J connectivity index is 2.76. The molecule has 4 nitrogen and oxygen atoms in total. The first kappa shape index (κ1) is 12.9. The number of hydrogen-bond acceptors (Lipinski definition) is 3. The van der Waals surface area contributed by atoms with Crippen LogP contribution in [0.25, 0.3) is 0 Å². The smallest absolute Gasteiger partial charge is 0.320 e. The quantitative estimate of drug-likeness (QED) is 0.747. The molecule has 1 rings (SSSR count). The fourth-order valence-corrected chi connectivity index (χ4v) is 1.44. The summed E-state index contributed by atoms with van der Waals surface area (Å²) in [5.74, 6) is -1.66. The molecule has 0 radical (unpaired) electrons. The highest BCUT2D eigenvalue weighted by Gasteiger charge is 2.17. The predicted octanol–water partition coefficient (Wildman–Crippen LogP) is 1.28. The zero-order valence-electron chi connectivity index (χ0n) is 8.36. The van der Waals surface area contributed by atoms with Gasteiger partial charge in [-0.05, 0) is 24.1 Å². The molecule has 16 heavy (non-hydrogen) atoms. The fourth-order valence-electron chi connectivity index (χ4n) is 1.25. The highest BCUT2D eigenvalue weighted by atomic mass is 35.5. The SMILES string of the molecule is NC(CC(N)c1ccc(F)c(Cl)c1)C(=O)O. The van der Waals surface area contributed by atoms with Gasteiger partial charge in [0.2, 0.25) is 0 Å². The summed E-state index contributed by atoms with van der Waals surface area (Å²) in [7, 11) is 0. The van der Waals surface area contributed by atoms with Crippen molar-refractivity contribution >= 4 is 17.6 Å². The number of halogens is 2. The molecule has 0 spiro atoms. The Kier molecular flexibility index (Phi) is 4.23. The Morgan fingerprint density at radius 2 is 2.12 bits per heavy atom. The number of benzene rings is 1. The highest BCUT2D eigenvalue weighted by Crippen LogP contribution is 2.21. The van der Waals surface area contributed by atoms with Crippen molar-refractivity contribution < 1.29 is 14.3 Å². The van der Waals surface area contributed by atoms with Crippen molar-refractivity contribution in [1.29, 1.82) is 0 Å². The number of carboxylic acids is 1. The molecule has 0 fully saturated rings. The molecular weight excluding hydrogens is 235 g/mol. The molecule has 1 aromatic carbocycles. The third-order valence-electron chi connectivity index (χ3n) is 2.20. The normalized spacial score (nSPS) is 14.5. The molecular formula is C10H12ClFN2O2. The van der Waals surface area contributed by atoms with Gasteiger partial charge >= 0.3 is 5.97 Å². The van der Waals surface area contributed by atoms with Crippen LogP contribution in [0.4, 0.5) is 4.39 Å². The largest absolute Gasteiger partial charge is 0.480 e. The Hall–Kier alpha value is -1.17. The van der Waals surface area contributed by atoms with Gasteiger partial charge in [0.1, 0.15) is 11.9 Å². The van der Waals surface area contributed by atoms with Crippen LogP contribution in [0, 0.1) is 5.82 Å². The van der Waals surface area contributed by atoms with Gasteiger partial charge in [0.15, 0.2) is 0 Å². The maximum absolute atomic E-state index is 12.9. The molecule has 0 heterocycles. The molecule has 0 aromatic heterocycles. The number of carboxylic acid groups (broad SMARTS) is 1. The summed E-state index contributed by atoms with van der Waals surface area (Å²) < 4.78 is 12.9. The first-order chi connectivity index (χ1) is 7.41. The van der Waals surface area contributed by atoms with E-state index in [0.29, 0.717) is 5.56 Å². The molecule has 0 saturated heterocycles. The maximum atomic E-state index is 12.9. The third-order valence-corrected chi connectivity index (χ3v) is 2.49. The molecule has 1 aromatic rings. The lowest BCUT2D eigenvalue weighted by Gasteiger charge is -2.15. The first-order valence-corrected chi connectivity index (χ1v) is 4.98. The molecule has 2 atom stereocenters. The molecule has 0 aliphatic rings. The number of aliphatic carboxylic acids is 1. The number of rotatable bonds is 4. The summed E-state index contributed by atoms with van der Waals surface area (Å²) in [4.78, 5) is 10.5. The van der Waals surface area contributed by atoms with Crippen LogP contribution in [-0.2, 0) is 4.79 Å². The molecule has 0 saturated carbocycles. The minimum Gasteiger partial charge on any atom is -0.480 e. The van der Waals surface area contributed by atoms with E-state index in [1.54, 1.807) is 0 Å². The fraction of sp³-hybridized carbons (Fsp3) is 0.300. The van der Waals surface area contributed by atoms with Gasteiger partial charge in [0.25, 0.3) is 0 Å². The molecule has 0 amide bonds. The number of carbonyl (C=O) groups is 1. The van der Waals surface area contributed by atoms with Gasteiger partial charge in [-0.15, -0.1) is 0 Å². The van der Waals surface area contributed by atoms with Crippen LogP contribution in [0.5, 0.6) is 0 Å². The average molecular weight is 247 g/mol. The van der Waals surface area contributed by atoms with E-state index in [2.05, 4.69) is 0 Å². The minimum absolute atomic E-state index is 0.0446. The van der Waals surface area contributed by atoms with Crippen LogP contribution in [0.15, 0.2) is 18.2 Å². The second-order valence-electron chi connectivity index (χ2n) is 3.46. The van der Waals surface area contributed by atoms with E-state index < -0.39 is 23.9 Å². The lowest BCUT2D eigenvalue weighted by atomic mass is 10.0. The topological polar surface area (TPSA) is 89.3 Å². The van der Waals surface area contributed by atoms with Crippen LogP contribution in [0.3, 0.4) is 0 Å². The molecule has 5 N–H and O–H groups in total. The Labute approximate surface area is 97.0 Å². The second kappa shape index (κ2) is 5.25. The molecule has 6 heteroatoms. The predicted molar refractivity (Wildman–Crippen MR) is 58.6 cm³/mol. The summed E-state index contributed by atoms with van der Waals surface area (Å²) >= 11 is 5.58. The van der Waals surface area contributed by atoms with Crippen molar-refractivity contribution in [2.24, 2.45) is 11.5 Å². The van der Waals surface area contributed by atoms with E-state index in [-0.39, 0.29) is 11.4 Å². The van der Waals surface area contributed by atoms with Crippen LogP contribution in [-0.4, -0.2) is 17.1 Å². The monoisotopic (exact) mass is 246 g/mol. The van der Waals surface area contributed by atoms with Gasteiger partial charge < -0.3 is 16.6 Å². The first-order valence-electron chi connectivity index (χ1n) is 4.60. The van der Waals surface area contributed by atoms with Crippen molar-refractivity contribution in [2.75, 3.05) is 0 Å². The van der Waals surface area contributed by atoms with Gasteiger partial charge in [-0.3, -0.25) is 4.79 Å². The maximum Gasteiger partial charge on any atom is 0.320 e. The molecule has 0 aliphatic heterocycles. The van der Waals surface area contributed by atoms with E-state index in [1.807, 2.05) is 0 Å². The number of hydrogen-bond donors (Lipinski definition) is 3. The van der Waals surface area contributed by atoms with Crippen LogP contribution in [0.2, 0.25) is 5.02 Å². The summed E-state index contributed by atoms with van der Waals surface area (Å²) in [5, 5.41) is 8.57. The van der Waals surface area contributed by atoms with Gasteiger partial charge in [-0.25, -0.2) is 4.39 Å². The van der Waals surface area contributed by atoms with Gasteiger partial charge in [0.05, 0.1) is 5.02 Å². The zero-order valence-corrected chi connectivity index (χ0v) is 9.12. The number of nitrogens with two attached hydrogens (primary N) is 2. The lowest BCUT2D eigenvalue weighted by Crippen LogP contribution is -2.33. The molecule has 2 unspecified atom stereocenters. The van der Waals surface area contributed by atoms with Gasteiger partial charge in [-0.1, -0.05) is 17.7 Å². The van der Waals surface area contributed by atoms with Crippen molar-refractivity contribution in [3.63, 3.8) is 0 Å². The van der Waals surface area contributed by atoms with E-state index in [0.717, 1.165) is 0 Å². The summed E-state index contributed by atoms with van der Waals surface area (Å²) in [6.45, 7) is 0. The van der Waals surface area contributed by atoms with Crippen LogP contribution < -0.4 is 11.5 Å². The van der Waals surface area contributed by atoms with Crippen molar-refractivity contribution in [1.82, 2.24) is 0 Å². The average Bonchev–Trinajstić information content (AvgIpc) is 2.21. The van der Waals surface area contributed by atoms with Crippen molar-refractivity contribution in [3.05, 3.63) is 34.6 Å². The van der Waals surface area contributed by atoms with Crippen LogP contribution >= 0.6 is 11.6 Å². The Morgan fingerprint density at radius 1 is 1.50 bits per heavy atom. The Bertz CT molecular complexity index is 400. The minimum atomic E-state index is -1.12. The summed E-state index contributed by atoms with van der Waals surface area (Å²) in [6, 6.07) is 2.39. The van der Waals surface area contributed by atoms with Gasteiger partial charge in [-0.2, -0.15) is 0 Å². The lowest BCUT2D eigenvalue weighted by molar-refractivity contribution is -0.138. The van der Waals surface area contributed by atoms with E-state index >= 15 is 0 Å².